The first kappa shape index (κ1) is 13.9. The number of alkyl halides is 1. The van der Waals surface area contributed by atoms with Gasteiger partial charge in [0.05, 0.1) is 13.2 Å². The second-order valence-corrected chi connectivity index (χ2v) is 3.90. The zero-order chi connectivity index (χ0) is 10.6. The molecule has 0 aliphatic rings. The minimum Gasteiger partial charge on any atom is -0.379 e. The highest BCUT2D eigenvalue weighted by atomic mass is 79.9. The molecule has 0 aliphatic heterocycles. The number of unbranched alkanes of at least 4 members (excludes halogenated alkanes) is 2. The van der Waals surface area contributed by atoms with Crippen molar-refractivity contribution in [3.05, 3.63) is 0 Å². The van der Waals surface area contributed by atoms with Gasteiger partial charge in [-0.25, -0.2) is 0 Å². The van der Waals surface area contributed by atoms with Gasteiger partial charge in [-0.2, -0.15) is 0 Å². The van der Waals surface area contributed by atoms with E-state index < -0.39 is 0 Å². The van der Waals surface area contributed by atoms with Gasteiger partial charge in [-0.3, -0.25) is 4.79 Å². The lowest BCUT2D eigenvalue weighted by atomic mass is 10.2. The molecule has 0 rings (SSSR count). The zero-order valence-corrected chi connectivity index (χ0v) is 10.4. The van der Waals surface area contributed by atoms with Crippen molar-refractivity contribution in [3.63, 3.8) is 0 Å². The number of rotatable bonds is 9. The number of amides is 1. The Morgan fingerprint density at radius 3 is 2.79 bits per heavy atom. The molecule has 0 aliphatic carbocycles. The maximum Gasteiger partial charge on any atom is 0.220 e. The maximum absolute atomic E-state index is 11.2. The van der Waals surface area contributed by atoms with Crippen LogP contribution in [0.4, 0.5) is 0 Å². The molecule has 0 radical (unpaired) electrons. The highest BCUT2D eigenvalue weighted by Crippen LogP contribution is 1.97. The Labute approximate surface area is 94.7 Å². The molecular weight excluding hydrogens is 246 g/mol. The van der Waals surface area contributed by atoms with Crippen LogP contribution < -0.4 is 5.32 Å². The van der Waals surface area contributed by atoms with Crippen LogP contribution in [0.5, 0.6) is 0 Å². The largest absolute Gasteiger partial charge is 0.379 e. The summed E-state index contributed by atoms with van der Waals surface area (Å²) in [5, 5.41) is 3.67. The minimum absolute atomic E-state index is 0.140. The third-order valence-electron chi connectivity index (χ3n) is 1.80. The van der Waals surface area contributed by atoms with E-state index in [1.807, 2.05) is 0 Å². The zero-order valence-electron chi connectivity index (χ0n) is 8.85. The van der Waals surface area contributed by atoms with Crippen LogP contribution >= 0.6 is 15.9 Å². The lowest BCUT2D eigenvalue weighted by Crippen LogP contribution is -2.27. The molecule has 1 amide bonds. The SMILES string of the molecule is CCCCCC(=O)NCCOCCBr. The van der Waals surface area contributed by atoms with Crippen LogP contribution in [0.1, 0.15) is 32.6 Å². The Morgan fingerprint density at radius 2 is 2.14 bits per heavy atom. The van der Waals surface area contributed by atoms with Gasteiger partial charge >= 0.3 is 0 Å². The molecule has 0 atom stereocenters. The van der Waals surface area contributed by atoms with Gasteiger partial charge < -0.3 is 10.1 Å². The van der Waals surface area contributed by atoms with Gasteiger partial charge in [-0.1, -0.05) is 35.7 Å². The predicted molar refractivity (Wildman–Crippen MR) is 61.8 cm³/mol. The Kier molecular flexibility index (Phi) is 10.9. The van der Waals surface area contributed by atoms with Crippen molar-refractivity contribution in [1.29, 1.82) is 0 Å². The Bertz CT molecular complexity index is 142. The summed E-state index contributed by atoms with van der Waals surface area (Å²) in [6.07, 6.45) is 3.92. The summed E-state index contributed by atoms with van der Waals surface area (Å²) in [5.74, 6) is 0.140. The summed E-state index contributed by atoms with van der Waals surface area (Å²) >= 11 is 3.26. The minimum atomic E-state index is 0.140. The first-order chi connectivity index (χ1) is 6.81. The number of hydrogen-bond acceptors (Lipinski definition) is 2. The highest BCUT2D eigenvalue weighted by Gasteiger charge is 1.98. The van der Waals surface area contributed by atoms with Crippen LogP contribution in [0, 0.1) is 0 Å². The quantitative estimate of drug-likeness (QED) is 0.512. The second-order valence-electron chi connectivity index (χ2n) is 3.11. The normalized spacial score (nSPS) is 10.1. The van der Waals surface area contributed by atoms with Crippen LogP contribution in [0.2, 0.25) is 0 Å². The third kappa shape index (κ3) is 9.99. The molecule has 1 N–H and O–H groups in total. The number of hydrogen-bond donors (Lipinski definition) is 1. The Hall–Kier alpha value is -0.0900. The highest BCUT2D eigenvalue weighted by molar-refractivity contribution is 9.09. The van der Waals surface area contributed by atoms with Crippen LogP contribution in [0.15, 0.2) is 0 Å². The van der Waals surface area contributed by atoms with Gasteiger partial charge in [-0.15, -0.1) is 0 Å². The Morgan fingerprint density at radius 1 is 1.36 bits per heavy atom. The summed E-state index contributed by atoms with van der Waals surface area (Å²) in [7, 11) is 0. The fourth-order valence-corrected chi connectivity index (χ4v) is 1.27. The van der Waals surface area contributed by atoms with Crippen LogP contribution in [-0.4, -0.2) is 31.0 Å². The van der Waals surface area contributed by atoms with E-state index in [0.29, 0.717) is 26.2 Å². The molecule has 0 fully saturated rings. The topological polar surface area (TPSA) is 38.3 Å². The molecule has 0 saturated heterocycles. The summed E-state index contributed by atoms with van der Waals surface area (Å²) in [6.45, 7) is 4.06. The summed E-state index contributed by atoms with van der Waals surface area (Å²) in [6, 6.07) is 0. The van der Waals surface area contributed by atoms with Crippen LogP contribution in [-0.2, 0) is 9.53 Å². The number of ether oxygens (including phenoxy) is 1. The van der Waals surface area contributed by atoms with Crippen molar-refractivity contribution in [2.45, 2.75) is 32.6 Å². The van der Waals surface area contributed by atoms with E-state index in [-0.39, 0.29) is 5.91 Å². The summed E-state index contributed by atoms with van der Waals surface area (Å²) in [4.78, 5) is 11.2. The van der Waals surface area contributed by atoms with Gasteiger partial charge in [-0.05, 0) is 6.42 Å². The molecule has 84 valence electrons. The number of carbonyl (C=O) groups is 1. The van der Waals surface area contributed by atoms with E-state index in [1.165, 1.54) is 0 Å². The van der Waals surface area contributed by atoms with Crippen molar-refractivity contribution in [3.8, 4) is 0 Å². The lowest BCUT2D eigenvalue weighted by Gasteiger charge is -2.04. The molecule has 0 bridgehead atoms. The monoisotopic (exact) mass is 265 g/mol. The summed E-state index contributed by atoms with van der Waals surface area (Å²) < 4.78 is 5.20. The smallest absolute Gasteiger partial charge is 0.220 e. The van der Waals surface area contributed by atoms with E-state index in [9.17, 15) is 4.79 Å². The molecule has 0 aromatic rings. The van der Waals surface area contributed by atoms with Crippen LogP contribution in [0.3, 0.4) is 0 Å². The Balaban J connectivity index is 3.10. The van der Waals surface area contributed by atoms with Crippen molar-refractivity contribution < 1.29 is 9.53 Å². The van der Waals surface area contributed by atoms with Gasteiger partial charge in [0, 0.05) is 18.3 Å². The predicted octanol–water partition coefficient (Wildman–Crippen LogP) is 2.09. The number of halogens is 1. The number of nitrogens with one attached hydrogen (secondary N) is 1. The maximum atomic E-state index is 11.2. The van der Waals surface area contributed by atoms with E-state index >= 15 is 0 Å². The number of carbonyl (C=O) groups excluding carboxylic acids is 1. The van der Waals surface area contributed by atoms with Crippen LogP contribution in [0.25, 0.3) is 0 Å². The lowest BCUT2D eigenvalue weighted by molar-refractivity contribution is -0.121. The van der Waals surface area contributed by atoms with Gasteiger partial charge in [0.25, 0.3) is 0 Å². The molecule has 0 aromatic heterocycles. The standard InChI is InChI=1S/C10H20BrNO2/c1-2-3-4-5-10(13)12-7-9-14-8-6-11/h2-9H2,1H3,(H,12,13). The molecule has 14 heavy (non-hydrogen) atoms. The fourth-order valence-electron chi connectivity index (χ4n) is 1.04. The second kappa shape index (κ2) is 11.0. The molecule has 0 unspecified atom stereocenters. The average Bonchev–Trinajstić information content (AvgIpc) is 2.18. The molecule has 0 heterocycles. The van der Waals surface area contributed by atoms with Gasteiger partial charge in [0.1, 0.15) is 0 Å². The fraction of sp³-hybridized carbons (Fsp3) is 0.900. The van der Waals surface area contributed by atoms with E-state index in [4.69, 9.17) is 4.74 Å². The molecule has 4 heteroatoms. The molecular formula is C10H20BrNO2. The first-order valence-corrected chi connectivity index (χ1v) is 6.33. The first-order valence-electron chi connectivity index (χ1n) is 5.21. The van der Waals surface area contributed by atoms with Crippen molar-refractivity contribution in [2.75, 3.05) is 25.1 Å². The van der Waals surface area contributed by atoms with Crippen molar-refractivity contribution in [1.82, 2.24) is 5.32 Å². The summed E-state index contributed by atoms with van der Waals surface area (Å²) in [5.41, 5.74) is 0. The molecule has 0 aromatic carbocycles. The third-order valence-corrected chi connectivity index (χ3v) is 2.12. The van der Waals surface area contributed by atoms with E-state index in [2.05, 4.69) is 28.2 Å². The molecule has 0 spiro atoms. The van der Waals surface area contributed by atoms with Gasteiger partial charge in [0.2, 0.25) is 5.91 Å². The van der Waals surface area contributed by atoms with E-state index in [1.54, 1.807) is 0 Å². The van der Waals surface area contributed by atoms with E-state index in [0.717, 1.165) is 24.6 Å². The molecule has 0 saturated carbocycles. The van der Waals surface area contributed by atoms with Crippen molar-refractivity contribution >= 4 is 21.8 Å². The van der Waals surface area contributed by atoms with Crippen molar-refractivity contribution in [2.24, 2.45) is 0 Å². The van der Waals surface area contributed by atoms with Gasteiger partial charge in [0.15, 0.2) is 0 Å². The average molecular weight is 266 g/mol. The molecule has 3 nitrogen and oxygen atoms in total.